The summed E-state index contributed by atoms with van der Waals surface area (Å²) in [7, 11) is 0. The molecule has 0 saturated carbocycles. The Morgan fingerprint density at radius 2 is 1.48 bits per heavy atom. The minimum Gasteiger partial charge on any atom is -0.369 e. The number of aliphatic imine (C=N–C) groups is 2. The maximum Gasteiger partial charge on any atom is 0.220 e. The third-order valence-electron chi connectivity index (χ3n) is 4.93. The number of guanidine groups is 2. The van der Waals surface area contributed by atoms with Gasteiger partial charge in [-0.2, -0.15) is 4.99 Å². The van der Waals surface area contributed by atoms with Crippen LogP contribution in [0.3, 0.4) is 0 Å². The molecule has 27 heavy (non-hydrogen) atoms. The molecule has 1 unspecified atom stereocenters. The highest BCUT2D eigenvalue weighted by atomic mass is 35.5. The number of unbranched alkanes of at least 4 members (excludes halogenated alkanes) is 8. The molecule has 1 heterocycles. The maximum atomic E-state index is 6.13. The van der Waals surface area contributed by atoms with Crippen LogP contribution in [-0.2, 0) is 6.54 Å². The van der Waals surface area contributed by atoms with Crippen LogP contribution in [0.2, 0.25) is 0 Å². The van der Waals surface area contributed by atoms with Gasteiger partial charge in [0, 0.05) is 6.54 Å². The lowest BCUT2D eigenvalue weighted by molar-refractivity contribution is 0.281. The first-order valence-electron chi connectivity index (χ1n) is 10.2. The fourth-order valence-electron chi connectivity index (χ4n) is 3.41. The van der Waals surface area contributed by atoms with E-state index in [1.54, 1.807) is 0 Å². The molecule has 1 aromatic carbocycles. The molecule has 0 fully saturated rings. The van der Waals surface area contributed by atoms with Gasteiger partial charge in [0.05, 0.1) is 0 Å². The molecule has 6 heteroatoms. The quantitative estimate of drug-likeness (QED) is 0.500. The van der Waals surface area contributed by atoms with Gasteiger partial charge in [0.25, 0.3) is 0 Å². The minimum atomic E-state index is -0.00254. The molecule has 0 bridgehead atoms. The molecule has 1 aromatic rings. The molecular formula is C21H36ClN5. The van der Waals surface area contributed by atoms with Gasteiger partial charge in [-0.1, -0.05) is 88.6 Å². The molecule has 0 saturated heterocycles. The first kappa shape index (κ1) is 23.3. The lowest BCUT2D eigenvalue weighted by Crippen LogP contribution is -2.47. The summed E-state index contributed by atoms with van der Waals surface area (Å²) in [4.78, 5) is 10.7. The number of nitrogens with zero attached hydrogens (tertiary/aromatic N) is 3. The maximum absolute atomic E-state index is 6.13. The second-order valence-corrected chi connectivity index (χ2v) is 7.17. The molecule has 0 amide bonds. The fourth-order valence-corrected chi connectivity index (χ4v) is 3.41. The van der Waals surface area contributed by atoms with Crippen LogP contribution in [0.25, 0.3) is 0 Å². The summed E-state index contributed by atoms with van der Waals surface area (Å²) in [5.74, 6) is 0.773. The Morgan fingerprint density at radius 3 is 2.11 bits per heavy atom. The topological polar surface area (TPSA) is 80.0 Å². The van der Waals surface area contributed by atoms with Crippen molar-refractivity contribution in [1.82, 2.24) is 4.90 Å². The molecule has 0 spiro atoms. The van der Waals surface area contributed by atoms with Gasteiger partial charge in [-0.25, -0.2) is 4.99 Å². The molecular weight excluding hydrogens is 358 g/mol. The predicted molar refractivity (Wildman–Crippen MR) is 118 cm³/mol. The number of benzene rings is 1. The lowest BCUT2D eigenvalue weighted by Gasteiger charge is -2.32. The van der Waals surface area contributed by atoms with E-state index in [2.05, 4.69) is 33.9 Å². The Morgan fingerprint density at radius 1 is 0.889 bits per heavy atom. The zero-order valence-electron chi connectivity index (χ0n) is 16.6. The van der Waals surface area contributed by atoms with Gasteiger partial charge < -0.3 is 16.4 Å². The van der Waals surface area contributed by atoms with Crippen molar-refractivity contribution in [2.24, 2.45) is 21.5 Å². The predicted octanol–water partition coefficient (Wildman–Crippen LogP) is 4.80. The average molecular weight is 394 g/mol. The van der Waals surface area contributed by atoms with E-state index in [1.807, 2.05) is 18.2 Å². The Labute approximate surface area is 170 Å². The van der Waals surface area contributed by atoms with Crippen LogP contribution < -0.4 is 11.5 Å². The Hall–Kier alpha value is -1.75. The highest BCUT2D eigenvalue weighted by Gasteiger charge is 2.23. The number of rotatable bonds is 12. The van der Waals surface area contributed by atoms with E-state index in [9.17, 15) is 0 Å². The highest BCUT2D eigenvalue weighted by Crippen LogP contribution is 2.19. The van der Waals surface area contributed by atoms with Crippen molar-refractivity contribution in [3.63, 3.8) is 0 Å². The molecule has 0 aromatic heterocycles. The van der Waals surface area contributed by atoms with E-state index >= 15 is 0 Å². The minimum absolute atomic E-state index is 0. The third-order valence-corrected chi connectivity index (χ3v) is 4.93. The number of halogens is 1. The van der Waals surface area contributed by atoms with Crippen LogP contribution in [0.4, 0.5) is 0 Å². The fraction of sp³-hybridized carbons (Fsp3) is 0.619. The standard InChI is InChI=1S/C21H35N5.ClH/c1-2-3-4-5-6-7-8-9-13-16-19-24-20(22)25-21(23)26(19)17-18-14-11-10-12-15-18;/h10-12,14-15,19H,2-9,13,16-17H2,1H3,(H4,22,23,24,25);1H. The van der Waals surface area contributed by atoms with Gasteiger partial charge in [0.1, 0.15) is 6.17 Å². The second kappa shape index (κ2) is 13.4. The summed E-state index contributed by atoms with van der Waals surface area (Å²) in [6.45, 7) is 2.98. The number of hydrogen-bond acceptors (Lipinski definition) is 5. The normalized spacial score (nSPS) is 16.5. The summed E-state index contributed by atoms with van der Waals surface area (Å²) >= 11 is 0. The van der Waals surface area contributed by atoms with Gasteiger partial charge in [-0.15, -0.1) is 12.4 Å². The smallest absolute Gasteiger partial charge is 0.220 e. The third kappa shape index (κ3) is 8.65. The Balaban J connectivity index is 0.00000364. The summed E-state index contributed by atoms with van der Waals surface area (Å²) in [5, 5.41) is 0. The van der Waals surface area contributed by atoms with E-state index in [0.29, 0.717) is 11.9 Å². The first-order valence-corrected chi connectivity index (χ1v) is 10.2. The second-order valence-electron chi connectivity index (χ2n) is 7.17. The monoisotopic (exact) mass is 393 g/mol. The molecule has 1 aliphatic heterocycles. The summed E-state index contributed by atoms with van der Waals surface area (Å²) in [5.41, 5.74) is 13.2. The van der Waals surface area contributed by atoms with Gasteiger partial charge in [-0.3, -0.25) is 0 Å². The van der Waals surface area contributed by atoms with Crippen LogP contribution in [-0.4, -0.2) is 23.0 Å². The van der Waals surface area contributed by atoms with E-state index in [0.717, 1.165) is 19.4 Å². The van der Waals surface area contributed by atoms with Crippen LogP contribution in [0, 0.1) is 0 Å². The molecule has 5 nitrogen and oxygen atoms in total. The van der Waals surface area contributed by atoms with Crippen molar-refractivity contribution in [2.75, 3.05) is 0 Å². The van der Waals surface area contributed by atoms with Gasteiger partial charge >= 0.3 is 0 Å². The van der Waals surface area contributed by atoms with Crippen LogP contribution >= 0.6 is 12.4 Å². The van der Waals surface area contributed by atoms with Crippen molar-refractivity contribution in [3.8, 4) is 0 Å². The summed E-state index contributed by atoms with van der Waals surface area (Å²) in [6.07, 6.45) is 12.8. The lowest BCUT2D eigenvalue weighted by atomic mass is 10.1. The average Bonchev–Trinajstić information content (AvgIpc) is 2.64. The molecule has 152 valence electrons. The summed E-state index contributed by atoms with van der Waals surface area (Å²) in [6, 6.07) is 10.3. The van der Waals surface area contributed by atoms with Gasteiger partial charge in [-0.05, 0) is 18.4 Å². The number of hydrogen-bond donors (Lipinski definition) is 2. The van der Waals surface area contributed by atoms with Crippen molar-refractivity contribution < 1.29 is 0 Å². The molecule has 1 atom stereocenters. The highest BCUT2D eigenvalue weighted by molar-refractivity contribution is 5.95. The van der Waals surface area contributed by atoms with Crippen LogP contribution in [0.15, 0.2) is 40.3 Å². The van der Waals surface area contributed by atoms with Crippen molar-refractivity contribution in [3.05, 3.63) is 35.9 Å². The van der Waals surface area contributed by atoms with Crippen LogP contribution in [0.5, 0.6) is 0 Å². The molecule has 1 aliphatic rings. The van der Waals surface area contributed by atoms with E-state index in [-0.39, 0.29) is 18.6 Å². The largest absolute Gasteiger partial charge is 0.369 e. The van der Waals surface area contributed by atoms with Gasteiger partial charge in [0.15, 0.2) is 0 Å². The first-order chi connectivity index (χ1) is 12.7. The molecule has 4 N–H and O–H groups in total. The van der Waals surface area contributed by atoms with E-state index in [1.165, 1.54) is 56.9 Å². The zero-order valence-corrected chi connectivity index (χ0v) is 17.5. The molecule has 0 radical (unpaired) electrons. The van der Waals surface area contributed by atoms with Crippen molar-refractivity contribution >= 4 is 24.3 Å². The van der Waals surface area contributed by atoms with E-state index < -0.39 is 0 Å². The molecule has 2 rings (SSSR count). The SMILES string of the molecule is CCCCCCCCCCCC1N=C(N)N=C(N)N1Cc1ccccc1.Cl. The summed E-state index contributed by atoms with van der Waals surface area (Å²) < 4.78 is 0. The van der Waals surface area contributed by atoms with Crippen molar-refractivity contribution in [2.45, 2.75) is 83.8 Å². The van der Waals surface area contributed by atoms with Crippen molar-refractivity contribution in [1.29, 1.82) is 0 Å². The zero-order chi connectivity index (χ0) is 18.6. The van der Waals surface area contributed by atoms with Crippen LogP contribution in [0.1, 0.15) is 76.7 Å². The van der Waals surface area contributed by atoms with Gasteiger partial charge in [0.2, 0.25) is 11.9 Å². The molecule has 0 aliphatic carbocycles. The van der Waals surface area contributed by atoms with E-state index in [4.69, 9.17) is 11.5 Å². The Bertz CT molecular complexity index is 573. The number of nitrogens with two attached hydrogens (primary N) is 2. The Kier molecular flexibility index (Phi) is 11.6.